The van der Waals surface area contributed by atoms with E-state index in [0.29, 0.717) is 22.3 Å². The number of anilines is 1. The number of rotatable bonds is 7. The van der Waals surface area contributed by atoms with Crippen LogP contribution in [-0.2, 0) is 11.2 Å². The summed E-state index contributed by atoms with van der Waals surface area (Å²) >= 11 is 1.30. The van der Waals surface area contributed by atoms with Gasteiger partial charge in [0.1, 0.15) is 0 Å². The quantitative estimate of drug-likeness (QED) is 0.590. The van der Waals surface area contributed by atoms with Crippen LogP contribution in [0.2, 0.25) is 0 Å². The maximum atomic E-state index is 11.8. The maximum absolute atomic E-state index is 11.8. The SMILES string of the molecule is COc1cc(/C=N/NC(=O)Cc2csc(N)n2)ccc1OC(C)C. The van der Waals surface area contributed by atoms with Gasteiger partial charge in [-0.05, 0) is 37.6 Å². The smallest absolute Gasteiger partial charge is 0.246 e. The predicted octanol–water partition coefficient (Wildman–Crippen LogP) is 2.21. The molecule has 0 unspecified atom stereocenters. The van der Waals surface area contributed by atoms with Gasteiger partial charge >= 0.3 is 0 Å². The van der Waals surface area contributed by atoms with Gasteiger partial charge in [-0.25, -0.2) is 10.4 Å². The minimum Gasteiger partial charge on any atom is -0.493 e. The predicted molar refractivity (Wildman–Crippen MR) is 94.7 cm³/mol. The van der Waals surface area contributed by atoms with Crippen LogP contribution in [0.4, 0.5) is 5.13 Å². The molecule has 1 aromatic carbocycles. The molecule has 0 atom stereocenters. The van der Waals surface area contributed by atoms with Gasteiger partial charge in [0.05, 0.1) is 31.5 Å². The first-order valence-electron chi connectivity index (χ1n) is 7.34. The van der Waals surface area contributed by atoms with Gasteiger partial charge < -0.3 is 15.2 Å². The first-order chi connectivity index (χ1) is 11.5. The van der Waals surface area contributed by atoms with Crippen molar-refractivity contribution in [3.05, 3.63) is 34.8 Å². The molecule has 0 aliphatic heterocycles. The summed E-state index contributed by atoms with van der Waals surface area (Å²) in [7, 11) is 1.57. The number of aromatic nitrogens is 1. The van der Waals surface area contributed by atoms with Crippen LogP contribution in [0.25, 0.3) is 0 Å². The number of carbonyl (C=O) groups is 1. The van der Waals surface area contributed by atoms with Crippen molar-refractivity contribution in [2.24, 2.45) is 5.10 Å². The lowest BCUT2D eigenvalue weighted by molar-refractivity contribution is -0.120. The first kappa shape index (κ1) is 17.7. The highest BCUT2D eigenvalue weighted by atomic mass is 32.1. The fourth-order valence-corrected chi connectivity index (χ4v) is 2.47. The molecule has 0 aliphatic rings. The second kappa shape index (κ2) is 8.30. The monoisotopic (exact) mass is 348 g/mol. The molecule has 1 aromatic heterocycles. The Labute approximate surface area is 144 Å². The van der Waals surface area contributed by atoms with E-state index in [9.17, 15) is 4.79 Å². The lowest BCUT2D eigenvalue weighted by Crippen LogP contribution is -2.19. The Hall–Kier alpha value is -2.61. The summed E-state index contributed by atoms with van der Waals surface area (Å²) in [5.41, 5.74) is 9.39. The zero-order chi connectivity index (χ0) is 17.5. The van der Waals surface area contributed by atoms with E-state index in [1.807, 2.05) is 19.9 Å². The Balaban J connectivity index is 1.94. The van der Waals surface area contributed by atoms with Crippen LogP contribution in [0.3, 0.4) is 0 Å². The fourth-order valence-electron chi connectivity index (χ4n) is 1.90. The topological polar surface area (TPSA) is 98.8 Å². The molecule has 2 rings (SSSR count). The lowest BCUT2D eigenvalue weighted by Gasteiger charge is -2.13. The van der Waals surface area contributed by atoms with Crippen LogP contribution in [0.5, 0.6) is 11.5 Å². The summed E-state index contributed by atoms with van der Waals surface area (Å²) in [4.78, 5) is 15.8. The van der Waals surface area contributed by atoms with Crippen LogP contribution in [0, 0.1) is 0 Å². The molecular weight excluding hydrogens is 328 g/mol. The Morgan fingerprint density at radius 2 is 2.25 bits per heavy atom. The van der Waals surface area contributed by atoms with E-state index in [-0.39, 0.29) is 18.4 Å². The number of hydrogen-bond donors (Lipinski definition) is 2. The number of ether oxygens (including phenoxy) is 2. The van der Waals surface area contributed by atoms with E-state index >= 15 is 0 Å². The number of amides is 1. The molecule has 0 fully saturated rings. The van der Waals surface area contributed by atoms with Crippen molar-refractivity contribution in [1.82, 2.24) is 10.4 Å². The standard InChI is InChI=1S/C16H20N4O3S/c1-10(2)23-13-5-4-11(6-14(13)22-3)8-18-20-15(21)7-12-9-24-16(17)19-12/h4-6,8-10H,7H2,1-3H3,(H2,17,19)(H,20,21)/b18-8+. The molecule has 0 spiro atoms. The molecule has 1 heterocycles. The number of carbonyl (C=O) groups excluding carboxylic acids is 1. The third-order valence-electron chi connectivity index (χ3n) is 2.86. The van der Waals surface area contributed by atoms with Crippen molar-refractivity contribution in [2.75, 3.05) is 12.8 Å². The molecule has 0 saturated heterocycles. The number of nitrogens with zero attached hydrogens (tertiary/aromatic N) is 2. The van der Waals surface area contributed by atoms with E-state index < -0.39 is 0 Å². The van der Waals surface area contributed by atoms with Gasteiger partial charge in [-0.1, -0.05) is 0 Å². The number of hydrazone groups is 1. The summed E-state index contributed by atoms with van der Waals surface area (Å²) in [5, 5.41) is 6.12. The molecule has 3 N–H and O–H groups in total. The number of methoxy groups -OCH3 is 1. The Bertz CT molecular complexity index is 728. The fraction of sp³-hybridized carbons (Fsp3) is 0.312. The normalized spacial score (nSPS) is 11.0. The van der Waals surface area contributed by atoms with Crippen molar-refractivity contribution in [3.8, 4) is 11.5 Å². The molecule has 0 bridgehead atoms. The van der Waals surface area contributed by atoms with Gasteiger partial charge in [-0.3, -0.25) is 4.79 Å². The van der Waals surface area contributed by atoms with Crippen LogP contribution < -0.4 is 20.6 Å². The minimum atomic E-state index is -0.261. The summed E-state index contributed by atoms with van der Waals surface area (Å²) in [6.45, 7) is 3.89. The van der Waals surface area contributed by atoms with Crippen molar-refractivity contribution in [3.63, 3.8) is 0 Å². The third-order valence-corrected chi connectivity index (χ3v) is 3.59. The molecule has 8 heteroatoms. The molecule has 0 radical (unpaired) electrons. The van der Waals surface area contributed by atoms with Crippen LogP contribution in [-0.4, -0.2) is 30.3 Å². The molecule has 0 aliphatic carbocycles. The Morgan fingerprint density at radius 1 is 1.46 bits per heavy atom. The highest BCUT2D eigenvalue weighted by Gasteiger charge is 2.07. The summed E-state index contributed by atoms with van der Waals surface area (Å²) in [6, 6.07) is 5.42. The average Bonchev–Trinajstić information content (AvgIpc) is 2.93. The molecule has 0 saturated carbocycles. The van der Waals surface area contributed by atoms with Crippen LogP contribution in [0.1, 0.15) is 25.1 Å². The summed E-state index contributed by atoms with van der Waals surface area (Å²) in [5.74, 6) is 1.01. The molecule has 2 aromatic rings. The number of hydrogen-bond acceptors (Lipinski definition) is 7. The second-order valence-electron chi connectivity index (χ2n) is 5.22. The summed E-state index contributed by atoms with van der Waals surface area (Å²) in [6.07, 6.45) is 1.72. The minimum absolute atomic E-state index is 0.0532. The van der Waals surface area contributed by atoms with E-state index in [1.165, 1.54) is 17.6 Å². The zero-order valence-electron chi connectivity index (χ0n) is 13.8. The number of nitrogen functional groups attached to an aromatic ring is 1. The number of nitrogens with two attached hydrogens (primary N) is 1. The number of thiazole rings is 1. The van der Waals surface area contributed by atoms with E-state index in [0.717, 1.165) is 5.56 Å². The van der Waals surface area contributed by atoms with Crippen LogP contribution >= 0.6 is 11.3 Å². The summed E-state index contributed by atoms with van der Waals surface area (Å²) < 4.78 is 10.9. The van der Waals surface area contributed by atoms with E-state index in [2.05, 4.69) is 15.5 Å². The van der Waals surface area contributed by atoms with E-state index in [1.54, 1.807) is 24.6 Å². The molecule has 1 amide bonds. The van der Waals surface area contributed by atoms with Gasteiger partial charge in [-0.2, -0.15) is 5.10 Å². The number of nitrogens with one attached hydrogen (secondary N) is 1. The van der Waals surface area contributed by atoms with E-state index in [4.69, 9.17) is 15.2 Å². The molecule has 24 heavy (non-hydrogen) atoms. The molecule has 128 valence electrons. The van der Waals surface area contributed by atoms with Gasteiger partial charge in [0, 0.05) is 5.38 Å². The maximum Gasteiger partial charge on any atom is 0.246 e. The van der Waals surface area contributed by atoms with Crippen molar-refractivity contribution in [2.45, 2.75) is 26.4 Å². The van der Waals surface area contributed by atoms with Crippen molar-refractivity contribution >= 4 is 28.6 Å². The molecular formula is C16H20N4O3S. The largest absolute Gasteiger partial charge is 0.493 e. The Morgan fingerprint density at radius 3 is 2.88 bits per heavy atom. The average molecular weight is 348 g/mol. The highest BCUT2D eigenvalue weighted by molar-refractivity contribution is 7.13. The first-order valence-corrected chi connectivity index (χ1v) is 8.22. The van der Waals surface area contributed by atoms with Crippen LogP contribution in [0.15, 0.2) is 28.7 Å². The highest BCUT2D eigenvalue weighted by Crippen LogP contribution is 2.28. The Kier molecular flexibility index (Phi) is 6.14. The van der Waals surface area contributed by atoms with Gasteiger partial charge in [-0.15, -0.1) is 11.3 Å². The lowest BCUT2D eigenvalue weighted by atomic mass is 10.2. The van der Waals surface area contributed by atoms with Gasteiger partial charge in [0.15, 0.2) is 16.6 Å². The van der Waals surface area contributed by atoms with Crippen molar-refractivity contribution < 1.29 is 14.3 Å². The van der Waals surface area contributed by atoms with Gasteiger partial charge in [0.2, 0.25) is 5.91 Å². The second-order valence-corrected chi connectivity index (χ2v) is 6.11. The zero-order valence-corrected chi connectivity index (χ0v) is 14.6. The van der Waals surface area contributed by atoms with Gasteiger partial charge in [0.25, 0.3) is 0 Å². The third kappa shape index (κ3) is 5.24. The number of benzene rings is 1. The van der Waals surface area contributed by atoms with Crippen molar-refractivity contribution in [1.29, 1.82) is 0 Å². The molecule has 7 nitrogen and oxygen atoms in total.